The number of amides is 3. The minimum atomic E-state index is -3.14. The molecule has 5 rings (SSSR count). The molecule has 5 heterocycles. The molecule has 5 fully saturated rings. The van der Waals surface area contributed by atoms with Gasteiger partial charge in [-0.2, -0.15) is 0 Å². The average molecular weight is 1040 g/mol. The highest BCUT2D eigenvalue weighted by Gasteiger charge is 2.60. The van der Waals surface area contributed by atoms with Crippen LogP contribution in [0.15, 0.2) is 0 Å². The summed E-state index contributed by atoms with van der Waals surface area (Å²) < 4.78 is 51.9. The van der Waals surface area contributed by atoms with E-state index in [0.717, 1.165) is 20.8 Å². The van der Waals surface area contributed by atoms with Gasteiger partial charge in [0.15, 0.2) is 18.9 Å². The second-order valence-corrected chi connectivity index (χ2v) is 17.9. The van der Waals surface area contributed by atoms with E-state index in [2.05, 4.69) is 16.0 Å². The Bertz CT molecular complexity index is 1770. The number of hydrogen-bond acceptors (Lipinski definition) is 27. The molecule has 0 radical (unpaired) electrons. The number of aliphatic carboxylic acids is 1. The molecule has 18 N–H and O–H groups in total. The number of carbonyl (C=O) groups is 4. The summed E-state index contributed by atoms with van der Waals surface area (Å²) in [6.07, 6.45) is -41.7. The first-order chi connectivity index (χ1) is 33.3. The third kappa shape index (κ3) is 13.1. The zero-order valence-electron chi connectivity index (χ0n) is 38.7. The Morgan fingerprint density at radius 2 is 1.10 bits per heavy atom. The van der Waals surface area contributed by atoms with E-state index in [-0.39, 0.29) is 0 Å². The van der Waals surface area contributed by atoms with Crippen LogP contribution in [0.4, 0.5) is 0 Å². The standard InChI is InChI=1S/C40H67N3O28/c1-11-21(41-12(2)48)33(27(56)20(64-11)10-63-36-23(43-14(4)50)28(57)32(19(9-47)67-36)68-37-30(59)29(58)25(54)17(7-45)65-37)69-38-31(60)35(26(55)18(8-46)66-38)71-40(39(61)62)5-15(51)22(42-13(3)49)34(70-40)24(53)16(52)6-44/h11,15-38,44-47,51-60H,5-10H2,1-4H3,(H,41,48)(H,42,49)(H,43,50)(H,61,62)/t11-,15?,16+,17?,18?,19?,20?,21?,22+,23?,24+,25-,26-,27-,28+,29-,30?,31?,32-,33+,34?,35-,36+,37-,38-,40-/m0/s1. The second kappa shape index (κ2) is 25.0. The lowest BCUT2D eigenvalue weighted by Gasteiger charge is -2.51. The SMILES string of the molecule is CC(=O)NC1[C@H](OCC2O[C@@H](C)C(NC(C)=O)[C@@H](O[C@@H]3OC(CO)[C@H](O)[C@H](O[C@]4(C(=O)O)CC(O)[C@@H](NC(C)=O)C([C@H](O)[C@H](O)CO)O4)C3O)[C@H]2O)OC(CO)[C@H](O[C@@H]2OC(CO)[C@H](O)[C@H](O)C2O)[C@@H]1O. The van der Waals surface area contributed by atoms with Gasteiger partial charge in [0.25, 0.3) is 5.79 Å². The lowest BCUT2D eigenvalue weighted by atomic mass is 9.88. The first kappa shape index (κ1) is 58.8. The van der Waals surface area contributed by atoms with Crippen molar-refractivity contribution >= 4 is 23.7 Å². The molecule has 71 heavy (non-hydrogen) atoms. The maximum Gasteiger partial charge on any atom is 0.364 e. The van der Waals surface area contributed by atoms with Gasteiger partial charge in [-0.05, 0) is 6.92 Å². The van der Waals surface area contributed by atoms with Crippen LogP contribution in [0, 0.1) is 0 Å². The molecular formula is C40H67N3O28. The molecule has 5 aliphatic heterocycles. The zero-order chi connectivity index (χ0) is 53.0. The van der Waals surface area contributed by atoms with E-state index in [4.69, 9.17) is 42.6 Å². The van der Waals surface area contributed by atoms with Crippen molar-refractivity contribution in [3.05, 3.63) is 0 Å². The van der Waals surface area contributed by atoms with Crippen molar-refractivity contribution in [1.82, 2.24) is 16.0 Å². The fraction of sp³-hybridized carbons (Fsp3) is 0.900. The quantitative estimate of drug-likeness (QED) is 0.0571. The van der Waals surface area contributed by atoms with Gasteiger partial charge in [-0.15, -0.1) is 0 Å². The summed E-state index contributed by atoms with van der Waals surface area (Å²) in [5.74, 6) is -7.40. The highest BCUT2D eigenvalue weighted by Crippen LogP contribution is 2.39. The van der Waals surface area contributed by atoms with Gasteiger partial charge in [-0.1, -0.05) is 0 Å². The molecule has 5 aliphatic rings. The third-order valence-corrected chi connectivity index (χ3v) is 12.8. The van der Waals surface area contributed by atoms with Crippen LogP contribution < -0.4 is 16.0 Å². The molecule has 0 aromatic heterocycles. The van der Waals surface area contributed by atoms with Crippen molar-refractivity contribution in [3.63, 3.8) is 0 Å². The van der Waals surface area contributed by atoms with E-state index < -0.39 is 222 Å². The Morgan fingerprint density at radius 3 is 1.65 bits per heavy atom. The van der Waals surface area contributed by atoms with E-state index in [9.17, 15) is 95.8 Å². The summed E-state index contributed by atoms with van der Waals surface area (Å²) in [6.45, 7) is -0.0155. The highest BCUT2D eigenvalue weighted by molar-refractivity contribution is 5.77. The number of carboxylic acid groups (broad SMARTS) is 1. The lowest BCUT2D eigenvalue weighted by Crippen LogP contribution is -2.71. The predicted molar refractivity (Wildman–Crippen MR) is 222 cm³/mol. The van der Waals surface area contributed by atoms with Crippen molar-refractivity contribution in [1.29, 1.82) is 0 Å². The Morgan fingerprint density at radius 1 is 0.592 bits per heavy atom. The molecule has 10 unspecified atom stereocenters. The van der Waals surface area contributed by atoms with Crippen LogP contribution in [0.3, 0.4) is 0 Å². The molecule has 31 nitrogen and oxygen atoms in total. The summed E-state index contributed by atoms with van der Waals surface area (Å²) >= 11 is 0. The van der Waals surface area contributed by atoms with E-state index in [0.29, 0.717) is 0 Å². The smallest absolute Gasteiger partial charge is 0.364 e. The van der Waals surface area contributed by atoms with Crippen LogP contribution in [0.2, 0.25) is 0 Å². The van der Waals surface area contributed by atoms with Gasteiger partial charge in [0, 0.05) is 27.2 Å². The van der Waals surface area contributed by atoms with Gasteiger partial charge >= 0.3 is 5.97 Å². The minimum Gasteiger partial charge on any atom is -0.477 e. The molecule has 0 aromatic carbocycles. The fourth-order valence-corrected chi connectivity index (χ4v) is 9.09. The second-order valence-electron chi connectivity index (χ2n) is 17.9. The Balaban J connectivity index is 1.39. The summed E-state index contributed by atoms with van der Waals surface area (Å²) in [5.41, 5.74) is 0. The zero-order valence-corrected chi connectivity index (χ0v) is 38.7. The highest BCUT2D eigenvalue weighted by atomic mass is 16.8. The topological polar surface area (TPSA) is 491 Å². The van der Waals surface area contributed by atoms with Gasteiger partial charge in [0.05, 0.1) is 57.3 Å². The maximum atomic E-state index is 13.0. The summed E-state index contributed by atoms with van der Waals surface area (Å²) in [6, 6.07) is -4.51. The summed E-state index contributed by atoms with van der Waals surface area (Å²) in [4.78, 5) is 49.9. The summed E-state index contributed by atoms with van der Waals surface area (Å²) in [5, 5.41) is 167. The molecular weight excluding hydrogens is 970 g/mol. The Labute approximate surface area is 403 Å². The molecule has 0 saturated carbocycles. The number of aliphatic hydroxyl groups excluding tert-OH is 14. The molecule has 5 saturated heterocycles. The Hall–Kier alpha value is -3.04. The molecule has 0 bridgehead atoms. The van der Waals surface area contributed by atoms with Crippen LogP contribution in [0.1, 0.15) is 34.1 Å². The van der Waals surface area contributed by atoms with Crippen molar-refractivity contribution in [3.8, 4) is 0 Å². The molecule has 3 amide bonds. The van der Waals surface area contributed by atoms with Gasteiger partial charge in [0.1, 0.15) is 110 Å². The number of carbonyl (C=O) groups excluding carboxylic acids is 3. The number of nitrogens with one attached hydrogen (secondary N) is 3. The first-order valence-corrected chi connectivity index (χ1v) is 22.5. The van der Waals surface area contributed by atoms with Crippen molar-refractivity contribution in [2.45, 2.75) is 193 Å². The van der Waals surface area contributed by atoms with Gasteiger partial charge in [0.2, 0.25) is 17.7 Å². The van der Waals surface area contributed by atoms with Gasteiger partial charge in [-0.25, -0.2) is 4.79 Å². The van der Waals surface area contributed by atoms with Crippen LogP contribution in [0.25, 0.3) is 0 Å². The molecule has 31 heteroatoms. The normalized spacial score (nSPS) is 45.0. The number of aliphatic hydroxyl groups is 14. The molecule has 0 aromatic rings. The van der Waals surface area contributed by atoms with Crippen LogP contribution in [-0.4, -0.2) is 292 Å². The van der Waals surface area contributed by atoms with E-state index >= 15 is 0 Å². The van der Waals surface area contributed by atoms with Crippen molar-refractivity contribution < 1.29 is 138 Å². The largest absolute Gasteiger partial charge is 0.477 e. The Kier molecular flexibility index (Phi) is 20.7. The lowest BCUT2D eigenvalue weighted by molar-refractivity contribution is -0.378. The van der Waals surface area contributed by atoms with E-state index in [1.807, 2.05) is 0 Å². The maximum absolute atomic E-state index is 13.0. The van der Waals surface area contributed by atoms with Crippen LogP contribution in [0.5, 0.6) is 0 Å². The monoisotopic (exact) mass is 1040 g/mol. The van der Waals surface area contributed by atoms with E-state index in [1.54, 1.807) is 0 Å². The fourth-order valence-electron chi connectivity index (χ4n) is 9.09. The number of rotatable bonds is 19. The average Bonchev–Trinajstić information content (AvgIpc) is 3.31. The number of carboxylic acids is 1. The van der Waals surface area contributed by atoms with E-state index in [1.165, 1.54) is 6.92 Å². The number of hydrogen-bond donors (Lipinski definition) is 18. The van der Waals surface area contributed by atoms with Crippen molar-refractivity contribution in [2.24, 2.45) is 0 Å². The first-order valence-electron chi connectivity index (χ1n) is 22.5. The van der Waals surface area contributed by atoms with Gasteiger partial charge in [-0.3, -0.25) is 14.4 Å². The molecule has 26 atom stereocenters. The summed E-state index contributed by atoms with van der Waals surface area (Å²) in [7, 11) is 0. The third-order valence-electron chi connectivity index (χ3n) is 12.8. The molecule has 0 aliphatic carbocycles. The van der Waals surface area contributed by atoms with Crippen LogP contribution in [-0.2, 0) is 61.8 Å². The van der Waals surface area contributed by atoms with Crippen molar-refractivity contribution in [2.75, 3.05) is 33.0 Å². The molecule has 410 valence electrons. The minimum absolute atomic E-state index is 0.689. The van der Waals surface area contributed by atoms with Crippen LogP contribution >= 0.6 is 0 Å². The predicted octanol–water partition coefficient (Wildman–Crippen LogP) is -11.2. The molecule has 0 spiro atoms. The van der Waals surface area contributed by atoms with Gasteiger partial charge < -0.3 is 135 Å². The number of ether oxygens (including phenoxy) is 9.